The summed E-state index contributed by atoms with van der Waals surface area (Å²) in [5, 5.41) is 13.6. The molecule has 27 heavy (non-hydrogen) atoms. The zero-order chi connectivity index (χ0) is 19.6. The van der Waals surface area contributed by atoms with Crippen molar-refractivity contribution in [1.29, 1.82) is 0 Å². The van der Waals surface area contributed by atoms with E-state index in [1.807, 2.05) is 0 Å². The van der Waals surface area contributed by atoms with Crippen LogP contribution >= 0.6 is 0 Å². The molecule has 3 rings (SSSR count). The van der Waals surface area contributed by atoms with Gasteiger partial charge >= 0.3 is 5.97 Å². The largest absolute Gasteiger partial charge is 0.480 e. The van der Waals surface area contributed by atoms with Crippen LogP contribution < -0.4 is 10.6 Å². The topological polar surface area (TPSA) is 128 Å². The highest BCUT2D eigenvalue weighted by molar-refractivity contribution is 6.08. The van der Waals surface area contributed by atoms with E-state index in [1.165, 1.54) is 12.1 Å². The summed E-state index contributed by atoms with van der Waals surface area (Å²) >= 11 is 0. The molecule has 0 saturated carbocycles. The van der Waals surface area contributed by atoms with E-state index in [0.29, 0.717) is 28.9 Å². The standard InChI is InChI=1S/C19H19N3O5/c1-10-16-13(3-2-4-14(16)23)22-17(10)19(27)21-12-7-5-11(6-8-12)18(26)20-9-15(24)25/h5-8,22H,2-4,9H2,1H3,(H,20,26)(H,21,27)(H,24,25). The molecule has 8 nitrogen and oxygen atoms in total. The molecule has 140 valence electrons. The number of aryl methyl sites for hydroxylation is 1. The fourth-order valence-electron chi connectivity index (χ4n) is 3.16. The number of benzene rings is 1. The van der Waals surface area contributed by atoms with Crippen LogP contribution in [0.15, 0.2) is 24.3 Å². The minimum Gasteiger partial charge on any atom is -0.480 e. The fraction of sp³-hybridized carbons (Fsp3) is 0.263. The van der Waals surface area contributed by atoms with Gasteiger partial charge in [0.2, 0.25) is 0 Å². The number of anilines is 1. The third-order valence-electron chi connectivity index (χ3n) is 4.47. The number of carbonyl (C=O) groups excluding carboxylic acids is 3. The Morgan fingerprint density at radius 3 is 2.44 bits per heavy atom. The molecule has 0 unspecified atom stereocenters. The molecule has 0 fully saturated rings. The molecule has 1 aliphatic rings. The molecule has 1 aromatic carbocycles. The first-order valence-corrected chi connectivity index (χ1v) is 8.53. The Morgan fingerprint density at radius 1 is 1.11 bits per heavy atom. The van der Waals surface area contributed by atoms with E-state index in [1.54, 1.807) is 19.1 Å². The van der Waals surface area contributed by atoms with Crippen molar-refractivity contribution in [2.24, 2.45) is 0 Å². The average molecular weight is 369 g/mol. The van der Waals surface area contributed by atoms with Crippen molar-refractivity contribution < 1.29 is 24.3 Å². The van der Waals surface area contributed by atoms with Gasteiger partial charge in [0, 0.05) is 28.9 Å². The highest BCUT2D eigenvalue weighted by Crippen LogP contribution is 2.27. The van der Waals surface area contributed by atoms with Gasteiger partial charge in [-0.2, -0.15) is 0 Å². The molecular formula is C19H19N3O5. The van der Waals surface area contributed by atoms with Crippen molar-refractivity contribution in [2.75, 3.05) is 11.9 Å². The maximum absolute atomic E-state index is 12.6. The molecule has 0 aliphatic heterocycles. The summed E-state index contributed by atoms with van der Waals surface area (Å²) in [6, 6.07) is 6.08. The third-order valence-corrected chi connectivity index (χ3v) is 4.47. The third kappa shape index (κ3) is 3.89. The summed E-state index contributed by atoms with van der Waals surface area (Å²) in [5.74, 6) is -1.95. The van der Waals surface area contributed by atoms with Crippen LogP contribution in [0.4, 0.5) is 5.69 Å². The summed E-state index contributed by atoms with van der Waals surface area (Å²) in [6.07, 6.45) is 2.02. The van der Waals surface area contributed by atoms with Crippen LogP contribution in [-0.4, -0.2) is 40.2 Å². The summed E-state index contributed by atoms with van der Waals surface area (Å²) in [7, 11) is 0. The van der Waals surface area contributed by atoms with Gasteiger partial charge in [-0.05, 0) is 49.6 Å². The Hall–Kier alpha value is -3.42. The number of carboxylic acid groups (broad SMARTS) is 1. The summed E-state index contributed by atoms with van der Waals surface area (Å²) in [6.45, 7) is 1.29. The van der Waals surface area contributed by atoms with Crippen molar-refractivity contribution in [3.05, 3.63) is 52.3 Å². The van der Waals surface area contributed by atoms with Crippen molar-refractivity contribution in [3.63, 3.8) is 0 Å². The number of amides is 2. The van der Waals surface area contributed by atoms with Gasteiger partial charge in [-0.3, -0.25) is 19.2 Å². The second-order valence-electron chi connectivity index (χ2n) is 6.36. The smallest absolute Gasteiger partial charge is 0.322 e. The van der Waals surface area contributed by atoms with E-state index in [0.717, 1.165) is 18.5 Å². The maximum atomic E-state index is 12.6. The first-order chi connectivity index (χ1) is 12.9. The van der Waals surface area contributed by atoms with E-state index >= 15 is 0 Å². The van der Waals surface area contributed by atoms with E-state index in [2.05, 4.69) is 15.6 Å². The lowest BCUT2D eigenvalue weighted by Gasteiger charge is -2.09. The van der Waals surface area contributed by atoms with Crippen molar-refractivity contribution >= 4 is 29.3 Å². The number of aliphatic carboxylic acids is 1. The molecular weight excluding hydrogens is 350 g/mol. The number of rotatable bonds is 5. The lowest BCUT2D eigenvalue weighted by atomic mass is 9.94. The first-order valence-electron chi connectivity index (χ1n) is 8.53. The van der Waals surface area contributed by atoms with Gasteiger partial charge in [0.1, 0.15) is 12.2 Å². The number of Topliss-reactive ketones (excluding diaryl/α,β-unsaturated/α-hetero) is 1. The second kappa shape index (κ2) is 7.45. The number of H-pyrrole nitrogens is 1. The maximum Gasteiger partial charge on any atom is 0.322 e. The van der Waals surface area contributed by atoms with E-state index in [-0.39, 0.29) is 17.3 Å². The molecule has 2 amide bonds. The fourth-order valence-corrected chi connectivity index (χ4v) is 3.16. The van der Waals surface area contributed by atoms with Crippen LogP contribution in [0, 0.1) is 6.92 Å². The number of hydrogen-bond acceptors (Lipinski definition) is 4. The predicted octanol–water partition coefficient (Wildman–Crippen LogP) is 1.91. The molecule has 0 radical (unpaired) electrons. The quantitative estimate of drug-likeness (QED) is 0.640. The number of carboxylic acids is 1. The van der Waals surface area contributed by atoms with Crippen LogP contribution in [-0.2, 0) is 11.2 Å². The minimum absolute atomic E-state index is 0.0563. The summed E-state index contributed by atoms with van der Waals surface area (Å²) in [5.41, 5.74) is 3.20. The molecule has 0 spiro atoms. The van der Waals surface area contributed by atoms with Gasteiger partial charge in [0.15, 0.2) is 5.78 Å². The molecule has 1 heterocycles. The Kier molecular flexibility index (Phi) is 5.07. The zero-order valence-electron chi connectivity index (χ0n) is 14.7. The lowest BCUT2D eigenvalue weighted by Crippen LogP contribution is -2.29. The van der Waals surface area contributed by atoms with Crippen LogP contribution in [0.1, 0.15) is 55.3 Å². The number of ketones is 1. The number of fused-ring (bicyclic) bond motifs is 1. The van der Waals surface area contributed by atoms with Crippen LogP contribution in [0.3, 0.4) is 0 Å². The summed E-state index contributed by atoms with van der Waals surface area (Å²) < 4.78 is 0. The normalized spacial score (nSPS) is 13.0. The predicted molar refractivity (Wildman–Crippen MR) is 97.2 cm³/mol. The Labute approximate surface area is 155 Å². The number of hydrogen-bond donors (Lipinski definition) is 4. The van der Waals surface area contributed by atoms with Crippen LogP contribution in [0.5, 0.6) is 0 Å². The van der Waals surface area contributed by atoms with Crippen molar-refractivity contribution in [2.45, 2.75) is 26.2 Å². The van der Waals surface area contributed by atoms with Gasteiger partial charge in [-0.25, -0.2) is 0 Å². The molecule has 0 atom stereocenters. The molecule has 0 bridgehead atoms. The molecule has 1 aromatic heterocycles. The minimum atomic E-state index is -1.13. The Bertz CT molecular complexity index is 928. The zero-order valence-corrected chi connectivity index (χ0v) is 14.7. The molecule has 8 heteroatoms. The number of nitrogens with one attached hydrogen (secondary N) is 3. The molecule has 4 N–H and O–H groups in total. The summed E-state index contributed by atoms with van der Waals surface area (Å²) in [4.78, 5) is 50.0. The second-order valence-corrected chi connectivity index (χ2v) is 6.36. The Balaban J connectivity index is 1.71. The monoisotopic (exact) mass is 369 g/mol. The van der Waals surface area contributed by atoms with E-state index in [4.69, 9.17) is 5.11 Å². The Morgan fingerprint density at radius 2 is 1.81 bits per heavy atom. The highest BCUT2D eigenvalue weighted by atomic mass is 16.4. The lowest BCUT2D eigenvalue weighted by molar-refractivity contribution is -0.135. The van der Waals surface area contributed by atoms with Gasteiger partial charge in [-0.1, -0.05) is 0 Å². The number of aromatic nitrogens is 1. The van der Waals surface area contributed by atoms with Gasteiger partial charge in [0.25, 0.3) is 11.8 Å². The van der Waals surface area contributed by atoms with Crippen molar-refractivity contribution in [3.8, 4) is 0 Å². The average Bonchev–Trinajstić information content (AvgIpc) is 2.98. The molecule has 2 aromatic rings. The number of aromatic amines is 1. The molecule has 0 saturated heterocycles. The van der Waals surface area contributed by atoms with Crippen molar-refractivity contribution in [1.82, 2.24) is 10.3 Å². The van der Waals surface area contributed by atoms with Gasteiger partial charge in [-0.15, -0.1) is 0 Å². The molecule has 1 aliphatic carbocycles. The van der Waals surface area contributed by atoms with E-state index < -0.39 is 18.4 Å². The van der Waals surface area contributed by atoms with Crippen LogP contribution in [0.2, 0.25) is 0 Å². The van der Waals surface area contributed by atoms with Gasteiger partial charge in [0.05, 0.1) is 0 Å². The number of carbonyl (C=O) groups is 4. The highest BCUT2D eigenvalue weighted by Gasteiger charge is 2.26. The van der Waals surface area contributed by atoms with Gasteiger partial charge < -0.3 is 20.7 Å². The van der Waals surface area contributed by atoms with E-state index in [9.17, 15) is 19.2 Å². The SMILES string of the molecule is Cc1c(C(=O)Nc2ccc(C(=O)NCC(=O)O)cc2)[nH]c2c1C(=O)CCC2. The van der Waals surface area contributed by atoms with Crippen LogP contribution in [0.25, 0.3) is 0 Å². The first kappa shape index (κ1) is 18.4.